The van der Waals surface area contributed by atoms with E-state index in [0.717, 1.165) is 54.1 Å². The summed E-state index contributed by atoms with van der Waals surface area (Å²) >= 11 is 0. The number of hydrogen-bond acceptors (Lipinski definition) is 7. The van der Waals surface area contributed by atoms with Crippen LogP contribution in [0.1, 0.15) is 12.8 Å². The number of pyridine rings is 2. The first-order valence-corrected chi connectivity index (χ1v) is 10.1. The summed E-state index contributed by atoms with van der Waals surface area (Å²) in [5.41, 5.74) is 5.25. The van der Waals surface area contributed by atoms with E-state index in [1.807, 2.05) is 36.4 Å². The van der Waals surface area contributed by atoms with Crippen molar-refractivity contribution in [1.82, 2.24) is 19.6 Å². The number of benzene rings is 1. The van der Waals surface area contributed by atoms with Crippen molar-refractivity contribution in [2.45, 2.75) is 18.9 Å². The first-order valence-electron chi connectivity index (χ1n) is 10.1. The average molecular weight is 415 g/mol. The number of ether oxygens (including phenoxy) is 2. The number of nitrogens with one attached hydrogen (secondary N) is 1. The molecule has 0 spiro atoms. The van der Waals surface area contributed by atoms with Crippen molar-refractivity contribution >= 4 is 16.5 Å². The standard InChI is InChI=1S/C23H21N5O3/c29-23-21-14-26-22(17-12-24-15-25-13-17)11-16(21)5-8-28(23)27-18-1-3-19(4-2-18)31-20-6-9-30-10-7-20/h1-5,8,11-15,20,27H,6-7,9-10H2. The first-order chi connectivity index (χ1) is 15.3. The molecule has 8 nitrogen and oxygen atoms in total. The third-order valence-electron chi connectivity index (χ3n) is 5.22. The first kappa shape index (κ1) is 19.2. The largest absolute Gasteiger partial charge is 0.490 e. The molecule has 0 atom stereocenters. The van der Waals surface area contributed by atoms with Gasteiger partial charge in [0.25, 0.3) is 5.56 Å². The van der Waals surface area contributed by atoms with E-state index in [2.05, 4.69) is 20.4 Å². The van der Waals surface area contributed by atoms with E-state index in [9.17, 15) is 4.79 Å². The number of hydrogen-bond donors (Lipinski definition) is 1. The molecule has 0 amide bonds. The normalized spacial score (nSPS) is 14.5. The zero-order valence-electron chi connectivity index (χ0n) is 16.8. The van der Waals surface area contributed by atoms with Crippen LogP contribution in [0.25, 0.3) is 22.0 Å². The second kappa shape index (κ2) is 8.53. The minimum atomic E-state index is -0.177. The van der Waals surface area contributed by atoms with Crippen LogP contribution >= 0.6 is 0 Å². The predicted octanol–water partition coefficient (Wildman–Crippen LogP) is 3.29. The smallest absolute Gasteiger partial charge is 0.278 e. The zero-order chi connectivity index (χ0) is 21.0. The molecule has 4 heterocycles. The van der Waals surface area contributed by atoms with Gasteiger partial charge in [-0.3, -0.25) is 15.2 Å². The second-order valence-corrected chi connectivity index (χ2v) is 7.34. The molecule has 5 rings (SSSR count). The summed E-state index contributed by atoms with van der Waals surface area (Å²) in [4.78, 5) is 25.3. The third-order valence-corrected chi connectivity index (χ3v) is 5.22. The minimum Gasteiger partial charge on any atom is -0.490 e. The fourth-order valence-corrected chi connectivity index (χ4v) is 3.55. The van der Waals surface area contributed by atoms with Gasteiger partial charge in [0.15, 0.2) is 0 Å². The van der Waals surface area contributed by atoms with Crippen molar-refractivity contribution in [2.75, 3.05) is 18.6 Å². The predicted molar refractivity (Wildman–Crippen MR) is 117 cm³/mol. The third kappa shape index (κ3) is 4.24. The van der Waals surface area contributed by atoms with E-state index in [0.29, 0.717) is 5.39 Å². The molecule has 0 unspecified atom stereocenters. The topological polar surface area (TPSA) is 91.2 Å². The van der Waals surface area contributed by atoms with E-state index in [4.69, 9.17) is 9.47 Å². The van der Waals surface area contributed by atoms with Gasteiger partial charge in [0.1, 0.15) is 18.2 Å². The maximum Gasteiger partial charge on any atom is 0.278 e. The van der Waals surface area contributed by atoms with Gasteiger partial charge in [-0.05, 0) is 41.8 Å². The number of nitrogens with zero attached hydrogens (tertiary/aromatic N) is 4. The summed E-state index contributed by atoms with van der Waals surface area (Å²) in [7, 11) is 0. The summed E-state index contributed by atoms with van der Waals surface area (Å²) in [6.45, 7) is 1.48. The van der Waals surface area contributed by atoms with Crippen LogP contribution in [0.3, 0.4) is 0 Å². The molecule has 1 aliphatic heterocycles. The molecule has 1 aromatic carbocycles. The van der Waals surface area contributed by atoms with Crippen LogP contribution in [0, 0.1) is 0 Å². The van der Waals surface area contributed by atoms with Crippen molar-refractivity contribution < 1.29 is 9.47 Å². The molecule has 1 fully saturated rings. The van der Waals surface area contributed by atoms with Crippen molar-refractivity contribution in [3.05, 3.63) is 77.9 Å². The fourth-order valence-electron chi connectivity index (χ4n) is 3.55. The SMILES string of the molecule is O=c1c2cnc(-c3cncnc3)cc2ccn1Nc1ccc(OC2CCOCC2)cc1. The van der Waals surface area contributed by atoms with Crippen molar-refractivity contribution in [2.24, 2.45) is 0 Å². The van der Waals surface area contributed by atoms with E-state index >= 15 is 0 Å². The average Bonchev–Trinajstić information content (AvgIpc) is 2.83. The fraction of sp³-hybridized carbons (Fsp3) is 0.217. The van der Waals surface area contributed by atoms with Gasteiger partial charge in [-0.1, -0.05) is 0 Å². The molecule has 156 valence electrons. The molecule has 1 aliphatic rings. The molecular weight excluding hydrogens is 394 g/mol. The highest BCUT2D eigenvalue weighted by Gasteiger charge is 2.15. The number of fused-ring (bicyclic) bond motifs is 1. The minimum absolute atomic E-state index is 0.177. The Kier molecular flexibility index (Phi) is 5.28. The number of rotatable bonds is 5. The van der Waals surface area contributed by atoms with Gasteiger partial charge >= 0.3 is 0 Å². The lowest BCUT2D eigenvalue weighted by Gasteiger charge is -2.23. The van der Waals surface area contributed by atoms with Crippen LogP contribution in [0.4, 0.5) is 5.69 Å². The Labute approximate surface area is 178 Å². The van der Waals surface area contributed by atoms with Gasteiger partial charge < -0.3 is 9.47 Å². The quantitative estimate of drug-likeness (QED) is 0.535. The second-order valence-electron chi connectivity index (χ2n) is 7.34. The van der Waals surface area contributed by atoms with Crippen LogP contribution in [-0.2, 0) is 4.74 Å². The van der Waals surface area contributed by atoms with Gasteiger partial charge in [-0.2, -0.15) is 0 Å². The molecule has 1 saturated heterocycles. The van der Waals surface area contributed by atoms with Gasteiger partial charge in [0, 0.05) is 43.2 Å². The summed E-state index contributed by atoms with van der Waals surface area (Å²) in [5, 5.41) is 1.33. The summed E-state index contributed by atoms with van der Waals surface area (Å²) in [6.07, 6.45) is 10.2. The summed E-state index contributed by atoms with van der Waals surface area (Å²) in [6, 6.07) is 11.3. The monoisotopic (exact) mass is 415 g/mol. The van der Waals surface area contributed by atoms with Gasteiger partial charge in [0.05, 0.1) is 30.0 Å². The highest BCUT2D eigenvalue weighted by atomic mass is 16.5. The molecule has 4 aromatic rings. The number of aromatic nitrogens is 4. The van der Waals surface area contributed by atoms with Gasteiger partial charge in [0.2, 0.25) is 0 Å². The van der Waals surface area contributed by atoms with E-state index in [1.165, 1.54) is 11.0 Å². The Morgan fingerprint density at radius 1 is 1.03 bits per heavy atom. The molecule has 0 bridgehead atoms. The zero-order valence-corrected chi connectivity index (χ0v) is 16.8. The molecule has 1 N–H and O–H groups in total. The Hall–Kier alpha value is -3.78. The maximum absolute atomic E-state index is 12.9. The van der Waals surface area contributed by atoms with Crippen molar-refractivity contribution in [3.8, 4) is 17.0 Å². The Morgan fingerprint density at radius 2 is 1.81 bits per heavy atom. The molecule has 0 radical (unpaired) electrons. The highest BCUT2D eigenvalue weighted by molar-refractivity contribution is 5.84. The molecule has 8 heteroatoms. The molecular formula is C23H21N5O3. The van der Waals surface area contributed by atoms with Crippen LogP contribution in [0.5, 0.6) is 5.75 Å². The Bertz CT molecular complexity index is 1240. The van der Waals surface area contributed by atoms with Crippen molar-refractivity contribution in [3.63, 3.8) is 0 Å². The maximum atomic E-state index is 12.9. The Morgan fingerprint density at radius 3 is 2.58 bits per heavy atom. The summed E-state index contributed by atoms with van der Waals surface area (Å²) in [5.74, 6) is 0.810. The summed E-state index contributed by atoms with van der Waals surface area (Å²) < 4.78 is 12.8. The Balaban J connectivity index is 1.34. The van der Waals surface area contributed by atoms with Crippen molar-refractivity contribution in [1.29, 1.82) is 0 Å². The van der Waals surface area contributed by atoms with Crippen LogP contribution in [0.15, 0.2) is 72.3 Å². The molecule has 31 heavy (non-hydrogen) atoms. The molecule has 0 saturated carbocycles. The lowest BCUT2D eigenvalue weighted by atomic mass is 10.1. The lowest BCUT2D eigenvalue weighted by Crippen LogP contribution is -2.26. The van der Waals surface area contributed by atoms with Crippen LogP contribution < -0.4 is 15.7 Å². The molecule has 0 aliphatic carbocycles. The van der Waals surface area contributed by atoms with Gasteiger partial charge in [-0.15, -0.1) is 0 Å². The number of anilines is 1. The molecule has 3 aromatic heterocycles. The van der Waals surface area contributed by atoms with Gasteiger partial charge in [-0.25, -0.2) is 14.6 Å². The van der Waals surface area contributed by atoms with Crippen LogP contribution in [-0.4, -0.2) is 38.9 Å². The van der Waals surface area contributed by atoms with Crippen LogP contribution in [0.2, 0.25) is 0 Å². The lowest BCUT2D eigenvalue weighted by molar-refractivity contribution is 0.0256. The van der Waals surface area contributed by atoms with E-state index in [1.54, 1.807) is 24.8 Å². The van der Waals surface area contributed by atoms with E-state index < -0.39 is 0 Å². The highest BCUT2D eigenvalue weighted by Crippen LogP contribution is 2.21. The van der Waals surface area contributed by atoms with E-state index in [-0.39, 0.29) is 11.7 Å².